The van der Waals surface area contributed by atoms with E-state index in [0.717, 1.165) is 10.9 Å². The first-order chi connectivity index (χ1) is 7.72. The summed E-state index contributed by atoms with van der Waals surface area (Å²) in [5.41, 5.74) is 0.669. The second-order valence-corrected chi connectivity index (χ2v) is 4.04. The Morgan fingerprint density at radius 2 is 2.25 bits per heavy atom. The monoisotopic (exact) mass is 287 g/mol. The highest BCUT2D eigenvalue weighted by molar-refractivity contribution is 9.10. The van der Waals surface area contributed by atoms with Crippen molar-refractivity contribution in [3.8, 4) is 11.5 Å². The van der Waals surface area contributed by atoms with Gasteiger partial charge in [-0.2, -0.15) is 0 Å². The zero-order valence-electron chi connectivity index (χ0n) is 9.24. The molecule has 0 aliphatic carbocycles. The molecule has 0 saturated heterocycles. The van der Waals surface area contributed by atoms with Gasteiger partial charge in [-0.1, -0.05) is 28.0 Å². The summed E-state index contributed by atoms with van der Waals surface area (Å²) in [6, 6.07) is 3.60. The quantitative estimate of drug-likeness (QED) is 0.514. The van der Waals surface area contributed by atoms with E-state index in [1.165, 1.54) is 6.21 Å². The first-order valence-corrected chi connectivity index (χ1v) is 5.70. The predicted molar refractivity (Wildman–Crippen MR) is 65.9 cm³/mol. The Kier molecular flexibility index (Phi) is 5.11. The Labute approximate surface area is 103 Å². The molecule has 0 radical (unpaired) electrons. The Bertz CT molecular complexity index is 380. The number of oxime groups is 1. The van der Waals surface area contributed by atoms with Crippen LogP contribution in [-0.2, 0) is 0 Å². The third-order valence-electron chi connectivity index (χ3n) is 1.92. The van der Waals surface area contributed by atoms with Crippen molar-refractivity contribution in [3.05, 3.63) is 22.2 Å². The van der Waals surface area contributed by atoms with E-state index in [-0.39, 0.29) is 0 Å². The van der Waals surface area contributed by atoms with Crippen molar-refractivity contribution in [2.45, 2.75) is 13.3 Å². The lowest BCUT2D eigenvalue weighted by Crippen LogP contribution is -2.01. The number of ether oxygens (including phenoxy) is 2. The van der Waals surface area contributed by atoms with Gasteiger partial charge in [0.1, 0.15) is 0 Å². The van der Waals surface area contributed by atoms with Crippen molar-refractivity contribution in [3.63, 3.8) is 0 Å². The summed E-state index contributed by atoms with van der Waals surface area (Å²) in [5.74, 6) is 1.20. The minimum absolute atomic E-state index is 0.588. The summed E-state index contributed by atoms with van der Waals surface area (Å²) in [5, 5.41) is 11.6. The van der Waals surface area contributed by atoms with E-state index in [4.69, 9.17) is 14.7 Å². The number of rotatable bonds is 5. The van der Waals surface area contributed by atoms with E-state index in [1.807, 2.05) is 6.92 Å². The smallest absolute Gasteiger partial charge is 0.170 e. The summed E-state index contributed by atoms with van der Waals surface area (Å²) >= 11 is 3.35. The van der Waals surface area contributed by atoms with Gasteiger partial charge in [0.05, 0.1) is 19.9 Å². The molecule has 0 amide bonds. The van der Waals surface area contributed by atoms with Gasteiger partial charge < -0.3 is 14.7 Å². The average Bonchev–Trinajstić information content (AvgIpc) is 2.27. The fourth-order valence-electron chi connectivity index (χ4n) is 1.26. The van der Waals surface area contributed by atoms with Crippen LogP contribution in [0.3, 0.4) is 0 Å². The second-order valence-electron chi connectivity index (χ2n) is 3.12. The lowest BCUT2D eigenvalue weighted by Gasteiger charge is -2.13. The van der Waals surface area contributed by atoms with E-state index in [9.17, 15) is 0 Å². The highest BCUT2D eigenvalue weighted by Crippen LogP contribution is 2.34. The largest absolute Gasteiger partial charge is 0.493 e. The maximum Gasteiger partial charge on any atom is 0.170 e. The van der Waals surface area contributed by atoms with Crippen LogP contribution in [0.25, 0.3) is 0 Å². The fourth-order valence-corrected chi connectivity index (χ4v) is 1.71. The molecule has 0 aliphatic rings. The minimum atomic E-state index is 0.588. The minimum Gasteiger partial charge on any atom is -0.493 e. The van der Waals surface area contributed by atoms with Crippen LogP contribution in [0.1, 0.15) is 18.9 Å². The molecule has 16 heavy (non-hydrogen) atoms. The van der Waals surface area contributed by atoms with Gasteiger partial charge in [-0.05, 0) is 18.6 Å². The van der Waals surface area contributed by atoms with Gasteiger partial charge in [0.25, 0.3) is 0 Å². The van der Waals surface area contributed by atoms with Crippen LogP contribution in [-0.4, -0.2) is 25.1 Å². The van der Waals surface area contributed by atoms with Gasteiger partial charge in [-0.15, -0.1) is 0 Å². The Balaban J connectivity index is 3.16. The van der Waals surface area contributed by atoms with E-state index in [0.29, 0.717) is 23.7 Å². The molecule has 1 rings (SSSR count). The Morgan fingerprint density at radius 1 is 1.50 bits per heavy atom. The number of methoxy groups -OCH3 is 1. The van der Waals surface area contributed by atoms with E-state index in [1.54, 1.807) is 19.2 Å². The molecule has 0 atom stereocenters. The SMILES string of the molecule is CCCOc1c(/C=N/O)cc(Br)cc1OC. The maximum absolute atomic E-state index is 8.58. The van der Waals surface area contributed by atoms with Gasteiger partial charge in [-0.3, -0.25) is 0 Å². The molecular formula is C11H14BrNO3. The molecule has 1 aromatic carbocycles. The lowest BCUT2D eigenvalue weighted by molar-refractivity contribution is 0.293. The highest BCUT2D eigenvalue weighted by atomic mass is 79.9. The number of hydrogen-bond acceptors (Lipinski definition) is 4. The highest BCUT2D eigenvalue weighted by Gasteiger charge is 2.11. The molecule has 4 nitrogen and oxygen atoms in total. The molecule has 0 aromatic heterocycles. The molecule has 88 valence electrons. The molecule has 0 unspecified atom stereocenters. The van der Waals surface area contributed by atoms with Crippen molar-refractivity contribution in [2.75, 3.05) is 13.7 Å². The molecule has 0 spiro atoms. The zero-order valence-corrected chi connectivity index (χ0v) is 10.8. The summed E-state index contributed by atoms with van der Waals surface area (Å²) in [4.78, 5) is 0. The van der Waals surface area contributed by atoms with Crippen molar-refractivity contribution in [1.29, 1.82) is 0 Å². The fraction of sp³-hybridized carbons (Fsp3) is 0.364. The Hall–Kier alpha value is -1.23. The molecule has 0 aliphatic heterocycles. The summed E-state index contributed by atoms with van der Waals surface area (Å²) < 4.78 is 11.6. The van der Waals surface area contributed by atoms with Gasteiger partial charge in [0.15, 0.2) is 11.5 Å². The number of benzene rings is 1. The number of nitrogens with zero attached hydrogens (tertiary/aromatic N) is 1. The topological polar surface area (TPSA) is 51.0 Å². The lowest BCUT2D eigenvalue weighted by atomic mass is 10.2. The molecule has 0 fully saturated rings. The van der Waals surface area contributed by atoms with Crippen LogP contribution < -0.4 is 9.47 Å². The Morgan fingerprint density at radius 3 is 2.81 bits per heavy atom. The van der Waals surface area contributed by atoms with Crippen LogP contribution in [0, 0.1) is 0 Å². The molecule has 1 N–H and O–H groups in total. The van der Waals surface area contributed by atoms with Gasteiger partial charge in [-0.25, -0.2) is 0 Å². The van der Waals surface area contributed by atoms with Crippen molar-refractivity contribution in [1.82, 2.24) is 0 Å². The number of halogens is 1. The van der Waals surface area contributed by atoms with E-state index >= 15 is 0 Å². The standard InChI is InChI=1S/C11H14BrNO3/c1-3-4-16-11-8(7-13-14)5-9(12)6-10(11)15-2/h5-7,14H,3-4H2,1-2H3/b13-7+. The molecule has 0 heterocycles. The van der Waals surface area contributed by atoms with Crippen LogP contribution in [0.4, 0.5) is 0 Å². The summed E-state index contributed by atoms with van der Waals surface area (Å²) in [6.45, 7) is 2.61. The second kappa shape index (κ2) is 6.37. The van der Waals surface area contributed by atoms with E-state index in [2.05, 4.69) is 21.1 Å². The third kappa shape index (κ3) is 3.13. The van der Waals surface area contributed by atoms with Gasteiger partial charge >= 0.3 is 0 Å². The summed E-state index contributed by atoms with van der Waals surface area (Å²) in [7, 11) is 1.57. The number of hydrogen-bond donors (Lipinski definition) is 1. The first-order valence-electron chi connectivity index (χ1n) is 4.90. The zero-order chi connectivity index (χ0) is 12.0. The van der Waals surface area contributed by atoms with Crippen molar-refractivity contribution < 1.29 is 14.7 Å². The van der Waals surface area contributed by atoms with E-state index < -0.39 is 0 Å². The third-order valence-corrected chi connectivity index (χ3v) is 2.37. The van der Waals surface area contributed by atoms with Gasteiger partial charge in [0, 0.05) is 10.0 Å². The molecular weight excluding hydrogens is 274 g/mol. The maximum atomic E-state index is 8.58. The predicted octanol–water partition coefficient (Wildman–Crippen LogP) is 3.05. The summed E-state index contributed by atoms with van der Waals surface area (Å²) in [6.07, 6.45) is 2.22. The van der Waals surface area contributed by atoms with Crippen molar-refractivity contribution in [2.24, 2.45) is 5.16 Å². The van der Waals surface area contributed by atoms with Crippen molar-refractivity contribution >= 4 is 22.1 Å². The molecule has 5 heteroatoms. The van der Waals surface area contributed by atoms with Crippen LogP contribution in [0.15, 0.2) is 21.8 Å². The average molecular weight is 288 g/mol. The van der Waals surface area contributed by atoms with Crippen LogP contribution >= 0.6 is 15.9 Å². The normalized spacial score (nSPS) is 10.7. The molecule has 1 aromatic rings. The van der Waals surface area contributed by atoms with Crippen LogP contribution in [0.2, 0.25) is 0 Å². The molecule has 0 saturated carbocycles. The molecule has 0 bridgehead atoms. The van der Waals surface area contributed by atoms with Gasteiger partial charge in [0.2, 0.25) is 0 Å². The first kappa shape index (κ1) is 12.8. The van der Waals surface area contributed by atoms with Crippen LogP contribution in [0.5, 0.6) is 11.5 Å².